The molecule has 1 saturated heterocycles. The molecule has 1 aliphatic carbocycles. The van der Waals surface area contributed by atoms with Gasteiger partial charge >= 0.3 is 10.1 Å². The number of halogens is 1. The van der Waals surface area contributed by atoms with Crippen molar-refractivity contribution in [2.75, 3.05) is 0 Å². The Bertz CT molecular complexity index is 1070. The lowest BCUT2D eigenvalue weighted by atomic mass is 9.80. The molecule has 1 unspecified atom stereocenters. The number of rotatable bonds is 5. The second-order valence-corrected chi connectivity index (χ2v) is 10.1. The Labute approximate surface area is 185 Å². The Kier molecular flexibility index (Phi) is 5.16. The second kappa shape index (κ2) is 7.70. The van der Waals surface area contributed by atoms with Crippen molar-refractivity contribution in [1.29, 1.82) is 0 Å². The predicted octanol–water partition coefficient (Wildman–Crippen LogP) is 4.26. The fourth-order valence-electron chi connectivity index (χ4n) is 4.23. The number of phenolic OH excluding ortho intramolecular Hbond substituents is 1. The van der Waals surface area contributed by atoms with E-state index in [1.807, 2.05) is 37.8 Å². The minimum absolute atomic E-state index is 0.182. The molecule has 5 radical (unpaired) electrons. The van der Waals surface area contributed by atoms with E-state index in [1.54, 1.807) is 36.4 Å². The molecular weight excluding hydrogens is 468 g/mol. The summed E-state index contributed by atoms with van der Waals surface area (Å²) in [6.45, 7) is 0. The highest BCUT2D eigenvalue weighted by molar-refractivity contribution is 9.10. The van der Waals surface area contributed by atoms with Crippen LogP contribution in [0.25, 0.3) is 5.57 Å². The van der Waals surface area contributed by atoms with Gasteiger partial charge in [0.2, 0.25) is 0 Å². The van der Waals surface area contributed by atoms with Crippen LogP contribution in [0.3, 0.4) is 0 Å². The fraction of sp³-hybridized carbons (Fsp3) is 0.174. The van der Waals surface area contributed by atoms with Crippen molar-refractivity contribution in [3.63, 3.8) is 0 Å². The third kappa shape index (κ3) is 3.57. The molecule has 2 aromatic carbocycles. The number of phenols is 1. The molecule has 3 atom stereocenters. The molecule has 153 valence electrons. The molecule has 2 aromatic rings. The van der Waals surface area contributed by atoms with Gasteiger partial charge in [-0.25, -0.2) is 0 Å². The maximum Gasteiger partial charge on any atom is 0.315 e. The number of fused-ring (bicyclic) bond motifs is 2. The highest BCUT2D eigenvalue weighted by Gasteiger charge is 2.55. The zero-order valence-electron chi connectivity index (χ0n) is 15.7. The smallest absolute Gasteiger partial charge is 0.315 e. The van der Waals surface area contributed by atoms with E-state index in [-0.39, 0.29) is 17.6 Å². The van der Waals surface area contributed by atoms with Gasteiger partial charge in [-0.3, -0.25) is 0 Å². The van der Waals surface area contributed by atoms with Gasteiger partial charge in [-0.2, -0.15) is 8.42 Å². The first-order chi connectivity index (χ1) is 14.4. The van der Waals surface area contributed by atoms with E-state index in [4.69, 9.17) is 8.92 Å². The summed E-state index contributed by atoms with van der Waals surface area (Å²) in [5.41, 5.74) is 2.76. The van der Waals surface area contributed by atoms with Gasteiger partial charge in [-0.05, 0) is 78.8 Å². The average Bonchev–Trinajstić information content (AvgIpc) is 3.46. The van der Waals surface area contributed by atoms with Gasteiger partial charge < -0.3 is 14.0 Å². The molecule has 5 rings (SSSR count). The van der Waals surface area contributed by atoms with Gasteiger partial charge in [-0.1, -0.05) is 28.1 Å². The lowest BCUT2D eigenvalue weighted by Gasteiger charge is -2.27. The summed E-state index contributed by atoms with van der Waals surface area (Å²) in [7, 11) is -3.91. The molecule has 0 amide bonds. The van der Waals surface area contributed by atoms with Crippen LogP contribution in [-0.2, 0) is 14.9 Å². The summed E-state index contributed by atoms with van der Waals surface area (Å²) in [6, 6.07) is 13.6. The first-order valence-corrected chi connectivity index (χ1v) is 11.8. The van der Waals surface area contributed by atoms with E-state index >= 15 is 0 Å². The molecule has 7 heteroatoms. The summed E-state index contributed by atoms with van der Waals surface area (Å²) in [4.78, 5) is 0. The molecule has 2 fully saturated rings. The van der Waals surface area contributed by atoms with Crippen molar-refractivity contribution in [1.82, 2.24) is 0 Å². The topological polar surface area (TPSA) is 72.8 Å². The maximum atomic E-state index is 13.1. The highest BCUT2D eigenvalue weighted by Crippen LogP contribution is 2.52. The van der Waals surface area contributed by atoms with Gasteiger partial charge in [0.05, 0.1) is 6.10 Å². The lowest BCUT2D eigenvalue weighted by molar-refractivity contribution is 0.119. The van der Waals surface area contributed by atoms with Crippen molar-refractivity contribution < 1.29 is 22.4 Å². The van der Waals surface area contributed by atoms with Crippen LogP contribution < -0.4 is 4.18 Å². The lowest BCUT2D eigenvalue weighted by Crippen LogP contribution is -2.37. The van der Waals surface area contributed by atoms with Crippen LogP contribution in [0.1, 0.15) is 12.0 Å². The van der Waals surface area contributed by atoms with Crippen molar-refractivity contribution in [2.45, 2.75) is 23.9 Å². The van der Waals surface area contributed by atoms with Gasteiger partial charge in [0, 0.05) is 16.8 Å². The van der Waals surface area contributed by atoms with Crippen molar-refractivity contribution in [3.05, 3.63) is 95.7 Å². The summed E-state index contributed by atoms with van der Waals surface area (Å²) in [6.07, 6.45) is 7.12. The van der Waals surface area contributed by atoms with E-state index < -0.39 is 21.5 Å². The summed E-state index contributed by atoms with van der Waals surface area (Å²) in [5.74, 6) is 1.40. The van der Waals surface area contributed by atoms with Crippen molar-refractivity contribution >= 4 is 31.6 Å². The summed E-state index contributed by atoms with van der Waals surface area (Å²) < 4.78 is 38.7. The van der Waals surface area contributed by atoms with Crippen LogP contribution in [0.15, 0.2) is 58.6 Å². The molecule has 2 aliphatic heterocycles. The molecule has 3 aliphatic rings. The molecule has 1 N–H and O–H groups in total. The van der Waals surface area contributed by atoms with E-state index in [0.29, 0.717) is 6.42 Å². The van der Waals surface area contributed by atoms with E-state index in [9.17, 15) is 13.5 Å². The van der Waals surface area contributed by atoms with Crippen molar-refractivity contribution in [3.8, 4) is 11.5 Å². The molecular formula is C23H18BrO5S. The molecule has 2 heterocycles. The number of benzene rings is 2. The minimum Gasteiger partial charge on any atom is -0.508 e. The Balaban J connectivity index is 1.49. The maximum absolute atomic E-state index is 13.1. The van der Waals surface area contributed by atoms with Gasteiger partial charge in [0.15, 0.2) is 0 Å². The SMILES string of the molecule is O=S(=O)(Oc1ccc(Br)cc1)C1C[C@H]2O[C@@H]1C([C]1[CH][CH][CH][CH]1)=C2c1ccc(O)cc1. The largest absolute Gasteiger partial charge is 0.508 e. The van der Waals surface area contributed by atoms with Crippen LogP contribution in [0.4, 0.5) is 0 Å². The Morgan fingerprint density at radius 2 is 1.63 bits per heavy atom. The number of aromatic hydroxyl groups is 1. The standard InChI is InChI=1S/C23H18BrO5S/c24-16-7-11-18(12-8-16)29-30(26,27)20-13-19-21(15-5-9-17(25)10-6-15)22(23(20)28-19)14-3-1-2-4-14/h1-12,19-20,23,25H,13H2/t19-,20?,23+/m1/s1. The van der Waals surface area contributed by atoms with Crippen LogP contribution in [0, 0.1) is 31.6 Å². The van der Waals surface area contributed by atoms with E-state index in [0.717, 1.165) is 27.1 Å². The summed E-state index contributed by atoms with van der Waals surface area (Å²) in [5, 5.41) is 8.85. The molecule has 30 heavy (non-hydrogen) atoms. The van der Waals surface area contributed by atoms with Gasteiger partial charge in [0.25, 0.3) is 0 Å². The molecule has 1 saturated carbocycles. The van der Waals surface area contributed by atoms with Gasteiger partial charge in [-0.15, -0.1) is 0 Å². The fourth-order valence-corrected chi connectivity index (χ4v) is 5.91. The minimum atomic E-state index is -3.91. The van der Waals surface area contributed by atoms with E-state index in [1.165, 1.54) is 0 Å². The third-order valence-corrected chi connectivity index (χ3v) is 7.68. The second-order valence-electron chi connectivity index (χ2n) is 7.40. The van der Waals surface area contributed by atoms with Gasteiger partial charge in [0.1, 0.15) is 22.9 Å². The van der Waals surface area contributed by atoms with Crippen LogP contribution in [0.5, 0.6) is 11.5 Å². The average molecular weight is 486 g/mol. The quantitative estimate of drug-likeness (QED) is 0.640. The first kappa shape index (κ1) is 20.1. The predicted molar refractivity (Wildman–Crippen MR) is 116 cm³/mol. The van der Waals surface area contributed by atoms with Crippen LogP contribution in [-0.4, -0.2) is 31.0 Å². The van der Waals surface area contributed by atoms with Crippen LogP contribution in [0.2, 0.25) is 0 Å². The van der Waals surface area contributed by atoms with Crippen molar-refractivity contribution in [2.24, 2.45) is 0 Å². The Hall–Kier alpha value is -1.83. The number of hydrogen-bond acceptors (Lipinski definition) is 5. The number of hydrogen-bond donors (Lipinski definition) is 1. The Morgan fingerprint density at radius 3 is 2.30 bits per heavy atom. The summed E-state index contributed by atoms with van der Waals surface area (Å²) >= 11 is 3.33. The van der Waals surface area contributed by atoms with E-state index in [2.05, 4.69) is 15.9 Å². The molecule has 0 aromatic heterocycles. The molecule has 0 spiro atoms. The molecule has 2 bridgehead atoms. The normalized spacial score (nSPS) is 26.5. The Morgan fingerprint density at radius 1 is 0.967 bits per heavy atom. The monoisotopic (exact) mass is 485 g/mol. The zero-order chi connectivity index (χ0) is 20.9. The number of ether oxygens (including phenoxy) is 1. The zero-order valence-corrected chi connectivity index (χ0v) is 18.1. The first-order valence-electron chi connectivity index (χ1n) is 9.52. The highest BCUT2D eigenvalue weighted by atomic mass is 79.9. The third-order valence-electron chi connectivity index (χ3n) is 5.54. The van der Waals surface area contributed by atoms with Crippen LogP contribution >= 0.6 is 15.9 Å². The molecule has 5 nitrogen and oxygen atoms in total.